The Hall–Kier alpha value is -1.93. The highest BCUT2D eigenvalue weighted by Gasteiger charge is 2.42. The van der Waals surface area contributed by atoms with Crippen molar-refractivity contribution in [2.24, 2.45) is 0 Å². The minimum absolute atomic E-state index is 0.226. The number of aliphatic hydroxyl groups excluding tert-OH is 1. The lowest BCUT2D eigenvalue weighted by molar-refractivity contribution is 0.119. The van der Waals surface area contributed by atoms with Crippen LogP contribution in [0.5, 0.6) is 0 Å². The van der Waals surface area contributed by atoms with Gasteiger partial charge in [0.15, 0.2) is 13.1 Å². The third kappa shape index (κ3) is 3.41. The highest BCUT2D eigenvalue weighted by atomic mass is 35.5. The van der Waals surface area contributed by atoms with Gasteiger partial charge in [-0.15, -0.1) is 0 Å². The summed E-state index contributed by atoms with van der Waals surface area (Å²) in [5.74, 6) is -2.02. The molecule has 128 valence electrons. The molecule has 0 aliphatic heterocycles. The molecule has 0 aliphatic carbocycles. The highest BCUT2D eigenvalue weighted by molar-refractivity contribution is 7.79. The fourth-order valence-electron chi connectivity index (χ4n) is 2.79. The van der Waals surface area contributed by atoms with Crippen LogP contribution in [0.25, 0.3) is 0 Å². The molecule has 0 unspecified atom stereocenters. The molecule has 3 aromatic rings. The zero-order valence-electron chi connectivity index (χ0n) is 13.3. The number of hydrogen-bond acceptors (Lipinski definition) is 2. The molecule has 0 spiro atoms. The summed E-state index contributed by atoms with van der Waals surface area (Å²) in [6.45, 7) is 0. The molecule has 3 aromatic carbocycles. The highest BCUT2D eigenvalue weighted by Crippen LogP contribution is 2.54. The summed E-state index contributed by atoms with van der Waals surface area (Å²) in [7, 11) is -3.73. The molecule has 1 N–H and O–H groups in total. The molecule has 2 nitrogen and oxygen atoms in total. The predicted molar refractivity (Wildman–Crippen MR) is 101 cm³/mol. The van der Waals surface area contributed by atoms with Gasteiger partial charge in [-0.1, -0.05) is 90.5 Å². The summed E-state index contributed by atoms with van der Waals surface area (Å²) in [6, 6.07) is 23.3. The van der Waals surface area contributed by atoms with Gasteiger partial charge in [-0.05, 0) is 6.07 Å². The van der Waals surface area contributed by atoms with Crippen LogP contribution < -0.4 is 10.6 Å². The Morgan fingerprint density at radius 3 is 1.72 bits per heavy atom. The van der Waals surface area contributed by atoms with Gasteiger partial charge in [-0.3, -0.25) is 0 Å². The first kappa shape index (κ1) is 17.9. The lowest BCUT2D eigenvalue weighted by Gasteiger charge is -2.27. The van der Waals surface area contributed by atoms with E-state index in [0.29, 0.717) is 10.6 Å². The van der Waals surface area contributed by atoms with Gasteiger partial charge in [-0.25, -0.2) is 4.39 Å². The van der Waals surface area contributed by atoms with Crippen molar-refractivity contribution in [1.29, 1.82) is 0 Å². The van der Waals surface area contributed by atoms with Crippen LogP contribution in [0, 0.1) is 0 Å². The van der Waals surface area contributed by atoms with E-state index >= 15 is 4.39 Å². The Morgan fingerprint density at radius 2 is 1.24 bits per heavy atom. The first-order valence-electron chi connectivity index (χ1n) is 7.82. The maximum Gasteiger partial charge on any atom is 0.190 e. The van der Waals surface area contributed by atoms with E-state index in [0.717, 1.165) is 0 Å². The van der Waals surface area contributed by atoms with Crippen molar-refractivity contribution in [1.82, 2.24) is 0 Å². The van der Waals surface area contributed by atoms with Crippen LogP contribution in [0.1, 0.15) is 11.7 Å². The van der Waals surface area contributed by atoms with Gasteiger partial charge in [0.05, 0.1) is 0 Å². The zero-order chi connectivity index (χ0) is 17.9. The van der Waals surface area contributed by atoms with Gasteiger partial charge >= 0.3 is 0 Å². The molecule has 0 heterocycles. The standard InChI is InChI=1S/C20H17ClFO2P/c21-18-14-8-7-13-17(18)19(23)20(22)25(24,15-9-3-1-4-10-15)16-11-5-2-6-12-16/h1-14,19-20,23H/t19-,20-/m1/s1. The van der Waals surface area contributed by atoms with Crippen molar-refractivity contribution in [3.05, 3.63) is 95.5 Å². The van der Waals surface area contributed by atoms with E-state index in [2.05, 4.69) is 0 Å². The lowest BCUT2D eigenvalue weighted by Crippen LogP contribution is -2.27. The SMILES string of the molecule is O=P(c1ccccc1)(c1ccccc1)[C@@H](F)[C@H](O)c1ccccc1Cl. The van der Waals surface area contributed by atoms with E-state index in [9.17, 15) is 9.67 Å². The molecule has 0 aliphatic rings. The molecule has 3 rings (SSSR count). The number of hydrogen-bond donors (Lipinski definition) is 1. The monoisotopic (exact) mass is 374 g/mol. The molecule has 25 heavy (non-hydrogen) atoms. The van der Waals surface area contributed by atoms with E-state index in [-0.39, 0.29) is 10.6 Å². The molecular weight excluding hydrogens is 358 g/mol. The van der Waals surface area contributed by atoms with Gasteiger partial charge in [0.2, 0.25) is 0 Å². The Balaban J connectivity index is 2.13. The average molecular weight is 375 g/mol. The van der Waals surface area contributed by atoms with Gasteiger partial charge in [-0.2, -0.15) is 0 Å². The molecule has 0 bridgehead atoms. The molecule has 0 radical (unpaired) electrons. The minimum atomic E-state index is -3.73. The zero-order valence-corrected chi connectivity index (χ0v) is 14.9. The van der Waals surface area contributed by atoms with Crippen molar-refractivity contribution in [3.8, 4) is 0 Å². The van der Waals surface area contributed by atoms with Crippen LogP contribution in [-0.4, -0.2) is 11.0 Å². The Bertz CT molecular complexity index is 843. The fraction of sp³-hybridized carbons (Fsp3) is 0.100. The fourth-order valence-corrected chi connectivity index (χ4v) is 5.70. The largest absolute Gasteiger partial charge is 0.385 e. The third-order valence-electron chi connectivity index (χ3n) is 4.11. The second kappa shape index (κ2) is 7.53. The summed E-state index contributed by atoms with van der Waals surface area (Å²) in [5, 5.41) is 11.6. The van der Waals surface area contributed by atoms with Gasteiger partial charge < -0.3 is 9.67 Å². The molecule has 0 saturated heterocycles. The Kier molecular flexibility index (Phi) is 5.39. The predicted octanol–water partition coefficient (Wildman–Crippen LogP) is 4.68. The van der Waals surface area contributed by atoms with Crippen molar-refractivity contribution in [2.45, 2.75) is 12.0 Å². The van der Waals surface area contributed by atoms with Gasteiger partial charge in [0.1, 0.15) is 6.10 Å². The molecule has 0 aromatic heterocycles. The van der Waals surface area contributed by atoms with Crippen molar-refractivity contribution < 1.29 is 14.1 Å². The van der Waals surface area contributed by atoms with E-state index in [4.69, 9.17) is 11.6 Å². The molecule has 5 heteroatoms. The average Bonchev–Trinajstić information content (AvgIpc) is 2.68. The van der Waals surface area contributed by atoms with Crippen molar-refractivity contribution in [3.63, 3.8) is 0 Å². The first-order valence-corrected chi connectivity index (χ1v) is 9.98. The van der Waals surface area contributed by atoms with Crippen LogP contribution >= 0.6 is 18.7 Å². The third-order valence-corrected chi connectivity index (χ3v) is 7.56. The molecule has 2 atom stereocenters. The number of halogens is 2. The van der Waals surface area contributed by atoms with Crippen LogP contribution in [0.4, 0.5) is 4.39 Å². The normalized spacial score (nSPS) is 14.0. The maximum atomic E-state index is 15.5. The number of aliphatic hydroxyl groups is 1. The minimum Gasteiger partial charge on any atom is -0.385 e. The summed E-state index contributed by atoms with van der Waals surface area (Å²) in [5.41, 5.74) is 0.226. The summed E-state index contributed by atoms with van der Waals surface area (Å²) < 4.78 is 29.4. The number of alkyl halides is 1. The van der Waals surface area contributed by atoms with E-state index in [1.54, 1.807) is 84.9 Å². The first-order chi connectivity index (χ1) is 12.0. The Labute approximate surface area is 151 Å². The van der Waals surface area contributed by atoms with E-state index < -0.39 is 19.2 Å². The van der Waals surface area contributed by atoms with E-state index in [1.807, 2.05) is 0 Å². The van der Waals surface area contributed by atoms with Crippen LogP contribution in [0.2, 0.25) is 5.02 Å². The van der Waals surface area contributed by atoms with Gasteiger partial charge in [0, 0.05) is 21.2 Å². The van der Waals surface area contributed by atoms with Gasteiger partial charge in [0.25, 0.3) is 0 Å². The number of rotatable bonds is 5. The van der Waals surface area contributed by atoms with E-state index in [1.165, 1.54) is 0 Å². The van der Waals surface area contributed by atoms with Crippen LogP contribution in [0.3, 0.4) is 0 Å². The molecule has 0 fully saturated rings. The quantitative estimate of drug-likeness (QED) is 0.658. The smallest absolute Gasteiger partial charge is 0.190 e. The van der Waals surface area contributed by atoms with Crippen molar-refractivity contribution in [2.75, 3.05) is 0 Å². The molecular formula is C20H17ClFO2P. The second-order valence-electron chi connectivity index (χ2n) is 5.67. The lowest BCUT2D eigenvalue weighted by atomic mass is 10.1. The Morgan fingerprint density at radius 1 is 0.800 bits per heavy atom. The number of benzene rings is 3. The summed E-state index contributed by atoms with van der Waals surface area (Å²) in [6.07, 6.45) is -1.60. The topological polar surface area (TPSA) is 37.3 Å². The summed E-state index contributed by atoms with van der Waals surface area (Å²) >= 11 is 6.09. The second-order valence-corrected chi connectivity index (χ2v) is 8.92. The van der Waals surface area contributed by atoms with Crippen LogP contribution in [0.15, 0.2) is 84.9 Å². The maximum absolute atomic E-state index is 15.5. The van der Waals surface area contributed by atoms with Crippen molar-refractivity contribution >= 4 is 29.4 Å². The molecule has 0 saturated carbocycles. The summed E-state index contributed by atoms with van der Waals surface area (Å²) in [4.78, 5) is 0. The molecule has 0 amide bonds. The van der Waals surface area contributed by atoms with Crippen LogP contribution in [-0.2, 0) is 4.57 Å².